The molecule has 0 aromatic heterocycles. The molecule has 0 aliphatic heterocycles. The van der Waals surface area contributed by atoms with Gasteiger partial charge in [-0.25, -0.2) is 0 Å². The lowest BCUT2D eigenvalue weighted by Crippen LogP contribution is -2.30. The summed E-state index contributed by atoms with van der Waals surface area (Å²) in [5.41, 5.74) is 0. The van der Waals surface area contributed by atoms with Gasteiger partial charge in [0.25, 0.3) is 0 Å². The summed E-state index contributed by atoms with van der Waals surface area (Å²) >= 11 is 0. The Kier molecular flexibility index (Phi) is 37.4. The second kappa shape index (κ2) is 38.6. The van der Waals surface area contributed by atoms with Crippen LogP contribution in [0.3, 0.4) is 0 Å². The van der Waals surface area contributed by atoms with Crippen LogP contribution in [0.5, 0.6) is 0 Å². The van der Waals surface area contributed by atoms with Crippen LogP contribution in [0.15, 0.2) is 0 Å². The third-order valence-electron chi connectivity index (χ3n) is 9.79. The van der Waals surface area contributed by atoms with E-state index in [0.717, 1.165) is 63.7 Å². The summed E-state index contributed by atoms with van der Waals surface area (Å²) in [7, 11) is 0. The Balaban J connectivity index is 4.34. The second-order valence-corrected chi connectivity index (χ2v) is 15.5. The highest BCUT2D eigenvalue weighted by Crippen LogP contribution is 2.16. The molecule has 0 unspecified atom stereocenters. The molecule has 0 saturated carbocycles. The lowest BCUT2D eigenvalue weighted by atomic mass is 10.0. The third kappa shape index (κ3) is 37.7. The van der Waals surface area contributed by atoms with E-state index in [0.29, 0.717) is 19.3 Å². The van der Waals surface area contributed by atoms with Crippen LogP contribution >= 0.6 is 0 Å². The number of unbranched alkanes of at least 4 members (excludes halogenated alkanes) is 26. The Morgan fingerprint density at radius 2 is 0.660 bits per heavy atom. The fraction of sp³-hybridized carbons (Fsp3) is 0.932. The number of hydrogen-bond acceptors (Lipinski definition) is 6. The maximum absolute atomic E-state index is 12.7. The molecule has 0 radical (unpaired) electrons. The first kappa shape index (κ1) is 48.4. The van der Waals surface area contributed by atoms with Crippen molar-refractivity contribution in [1.82, 2.24) is 0 Å². The van der Waals surface area contributed by atoms with Crippen LogP contribution in [0, 0.1) is 5.92 Å². The van der Waals surface area contributed by atoms with E-state index in [1.54, 1.807) is 0 Å². The first-order valence-corrected chi connectivity index (χ1v) is 21.9. The highest BCUT2D eigenvalue weighted by Gasteiger charge is 2.19. The van der Waals surface area contributed by atoms with Crippen molar-refractivity contribution in [2.24, 2.45) is 5.92 Å². The lowest BCUT2D eigenvalue weighted by molar-refractivity contribution is -0.167. The van der Waals surface area contributed by atoms with Crippen molar-refractivity contribution < 1.29 is 28.6 Å². The molecule has 0 fully saturated rings. The molecule has 0 aromatic rings. The van der Waals surface area contributed by atoms with Crippen molar-refractivity contribution in [2.45, 2.75) is 246 Å². The van der Waals surface area contributed by atoms with Gasteiger partial charge < -0.3 is 14.2 Å². The number of carbonyl (C=O) groups excluding carboxylic acids is 3. The number of rotatable bonds is 39. The second-order valence-electron chi connectivity index (χ2n) is 15.5. The van der Waals surface area contributed by atoms with E-state index in [9.17, 15) is 14.4 Å². The molecule has 0 aliphatic rings. The fourth-order valence-electron chi connectivity index (χ4n) is 6.45. The smallest absolute Gasteiger partial charge is 0.306 e. The summed E-state index contributed by atoms with van der Waals surface area (Å²) in [5.74, 6) is -0.0635. The lowest BCUT2D eigenvalue weighted by Gasteiger charge is -2.18. The Morgan fingerprint density at radius 1 is 0.380 bits per heavy atom. The molecule has 0 spiro atoms. The third-order valence-corrected chi connectivity index (χ3v) is 9.79. The van der Waals surface area contributed by atoms with Gasteiger partial charge in [0.1, 0.15) is 13.2 Å². The normalized spacial score (nSPS) is 11.9. The number of carbonyl (C=O) groups is 3. The monoisotopic (exact) mass is 709 g/mol. The van der Waals surface area contributed by atoms with Crippen LogP contribution in [-0.2, 0) is 28.6 Å². The number of ether oxygens (including phenoxy) is 3. The van der Waals surface area contributed by atoms with Crippen molar-refractivity contribution in [3.8, 4) is 0 Å². The summed E-state index contributed by atoms with van der Waals surface area (Å²) in [6.07, 6.45) is 36.6. The van der Waals surface area contributed by atoms with Crippen molar-refractivity contribution in [1.29, 1.82) is 0 Å². The Hall–Kier alpha value is -1.59. The van der Waals surface area contributed by atoms with Crippen LogP contribution < -0.4 is 0 Å². The van der Waals surface area contributed by atoms with Gasteiger partial charge >= 0.3 is 17.9 Å². The molecule has 0 aliphatic carbocycles. The fourth-order valence-corrected chi connectivity index (χ4v) is 6.45. The zero-order valence-electron chi connectivity index (χ0n) is 33.9. The molecule has 1 atom stereocenters. The van der Waals surface area contributed by atoms with E-state index in [-0.39, 0.29) is 31.1 Å². The van der Waals surface area contributed by atoms with E-state index < -0.39 is 6.10 Å². The standard InChI is InChI=1S/C44H84O6/c1-5-7-9-11-13-15-17-19-25-29-33-37-44(47)50-41(38-48-42(45)35-31-27-23-18-16-14-12-10-8-6-2)39-49-43(46)36-32-28-24-21-20-22-26-30-34-40(3)4/h40-41H,5-39H2,1-4H3/t41-/m1/s1. The van der Waals surface area contributed by atoms with Gasteiger partial charge in [-0.1, -0.05) is 201 Å². The maximum atomic E-state index is 12.7. The summed E-state index contributed by atoms with van der Waals surface area (Å²) in [6.45, 7) is 8.94. The molecule has 0 bridgehead atoms. The molecule has 0 heterocycles. The zero-order chi connectivity index (χ0) is 36.8. The van der Waals surface area contributed by atoms with Gasteiger partial charge in [0, 0.05) is 19.3 Å². The van der Waals surface area contributed by atoms with Crippen molar-refractivity contribution in [3.05, 3.63) is 0 Å². The van der Waals surface area contributed by atoms with Crippen LogP contribution in [0.25, 0.3) is 0 Å². The van der Waals surface area contributed by atoms with E-state index in [2.05, 4.69) is 27.7 Å². The summed E-state index contributed by atoms with van der Waals surface area (Å²) in [6, 6.07) is 0. The zero-order valence-corrected chi connectivity index (χ0v) is 33.9. The molecule has 6 nitrogen and oxygen atoms in total. The average Bonchev–Trinajstić information content (AvgIpc) is 3.09. The highest BCUT2D eigenvalue weighted by molar-refractivity contribution is 5.71. The van der Waals surface area contributed by atoms with Crippen LogP contribution in [-0.4, -0.2) is 37.2 Å². The molecule has 0 aromatic carbocycles. The van der Waals surface area contributed by atoms with Crippen LogP contribution in [0.2, 0.25) is 0 Å². The molecule has 50 heavy (non-hydrogen) atoms. The molecule has 0 N–H and O–H groups in total. The van der Waals surface area contributed by atoms with Gasteiger partial charge in [0.05, 0.1) is 0 Å². The molecule has 0 amide bonds. The summed E-state index contributed by atoms with van der Waals surface area (Å²) in [4.78, 5) is 37.6. The maximum Gasteiger partial charge on any atom is 0.306 e. The molecule has 296 valence electrons. The molecular formula is C44H84O6. The SMILES string of the molecule is CCCCCCCCCCCCCC(=O)O[C@H](COC(=O)CCCCCCCCCCCC)COC(=O)CCCCCCCCCCC(C)C. The van der Waals surface area contributed by atoms with Crippen LogP contribution in [0.4, 0.5) is 0 Å². The Labute approximate surface area is 310 Å². The molecule has 0 rings (SSSR count). The predicted molar refractivity (Wildman–Crippen MR) is 210 cm³/mol. The average molecular weight is 709 g/mol. The van der Waals surface area contributed by atoms with Gasteiger partial charge in [-0.15, -0.1) is 0 Å². The van der Waals surface area contributed by atoms with E-state index in [4.69, 9.17) is 14.2 Å². The topological polar surface area (TPSA) is 78.9 Å². The first-order chi connectivity index (χ1) is 24.4. The summed E-state index contributed by atoms with van der Waals surface area (Å²) < 4.78 is 16.7. The van der Waals surface area contributed by atoms with Crippen molar-refractivity contribution in [2.75, 3.05) is 13.2 Å². The quantitative estimate of drug-likeness (QED) is 0.0359. The molecular weight excluding hydrogens is 624 g/mol. The Morgan fingerprint density at radius 3 is 0.980 bits per heavy atom. The van der Waals surface area contributed by atoms with Crippen LogP contribution in [0.1, 0.15) is 240 Å². The minimum absolute atomic E-state index is 0.0644. The van der Waals surface area contributed by atoms with E-state index >= 15 is 0 Å². The van der Waals surface area contributed by atoms with Gasteiger partial charge in [0.15, 0.2) is 6.10 Å². The largest absolute Gasteiger partial charge is 0.462 e. The minimum atomic E-state index is -0.758. The first-order valence-electron chi connectivity index (χ1n) is 21.9. The number of esters is 3. The predicted octanol–water partition coefficient (Wildman–Crippen LogP) is 13.6. The highest BCUT2D eigenvalue weighted by atomic mass is 16.6. The molecule has 6 heteroatoms. The van der Waals surface area contributed by atoms with Gasteiger partial charge in [-0.05, 0) is 25.2 Å². The number of hydrogen-bond donors (Lipinski definition) is 0. The van der Waals surface area contributed by atoms with Crippen molar-refractivity contribution >= 4 is 17.9 Å². The van der Waals surface area contributed by atoms with Gasteiger partial charge in [-0.2, -0.15) is 0 Å². The van der Waals surface area contributed by atoms with Crippen molar-refractivity contribution in [3.63, 3.8) is 0 Å². The van der Waals surface area contributed by atoms with E-state index in [1.165, 1.54) is 135 Å². The van der Waals surface area contributed by atoms with Gasteiger partial charge in [-0.3, -0.25) is 14.4 Å². The molecule has 0 saturated heterocycles. The van der Waals surface area contributed by atoms with Gasteiger partial charge in [0.2, 0.25) is 0 Å². The Bertz CT molecular complexity index is 751. The minimum Gasteiger partial charge on any atom is -0.462 e. The van der Waals surface area contributed by atoms with E-state index in [1.807, 2.05) is 0 Å². The summed E-state index contributed by atoms with van der Waals surface area (Å²) in [5, 5.41) is 0.